The molecule has 0 unspecified atom stereocenters. The van der Waals surface area contributed by atoms with Gasteiger partial charge in [0.25, 0.3) is 5.89 Å². The molecule has 0 aliphatic carbocycles. The van der Waals surface area contributed by atoms with Crippen molar-refractivity contribution in [2.75, 3.05) is 7.11 Å². The molecule has 0 amide bonds. The summed E-state index contributed by atoms with van der Waals surface area (Å²) in [6.45, 7) is 0. The fourth-order valence-electron chi connectivity index (χ4n) is 2.45. The van der Waals surface area contributed by atoms with Gasteiger partial charge in [0.05, 0.1) is 17.7 Å². The molecule has 6 nitrogen and oxygen atoms in total. The lowest BCUT2D eigenvalue weighted by molar-refractivity contribution is 0.415. The maximum atomic E-state index is 12.2. The molecule has 0 aliphatic rings. The van der Waals surface area contributed by atoms with Gasteiger partial charge in [-0.1, -0.05) is 23.7 Å². The van der Waals surface area contributed by atoms with E-state index in [1.807, 2.05) is 6.07 Å². The first-order chi connectivity index (χ1) is 12.2. The van der Waals surface area contributed by atoms with E-state index in [4.69, 9.17) is 25.2 Å². The van der Waals surface area contributed by atoms with Crippen LogP contribution in [0.2, 0.25) is 5.02 Å². The summed E-state index contributed by atoms with van der Waals surface area (Å²) >= 11 is 6.13. The van der Waals surface area contributed by atoms with Gasteiger partial charge in [-0.15, -0.1) is 10.2 Å². The van der Waals surface area contributed by atoms with Gasteiger partial charge in [0.15, 0.2) is 0 Å². The molecule has 0 aliphatic heterocycles. The van der Waals surface area contributed by atoms with Crippen molar-refractivity contribution in [2.24, 2.45) is 0 Å². The number of nitrogens with zero attached hydrogens (tertiary/aromatic N) is 2. The Balaban J connectivity index is 1.83. The molecule has 0 N–H and O–H groups in total. The minimum Gasteiger partial charge on any atom is -0.497 e. The fourth-order valence-corrected chi connectivity index (χ4v) is 2.67. The van der Waals surface area contributed by atoms with Crippen molar-refractivity contribution in [3.8, 4) is 28.7 Å². The summed E-state index contributed by atoms with van der Waals surface area (Å²) in [5.74, 6) is 0.939. The zero-order valence-corrected chi connectivity index (χ0v) is 13.8. The van der Waals surface area contributed by atoms with Crippen LogP contribution < -0.4 is 10.4 Å². The fraction of sp³-hybridized carbons (Fsp3) is 0.0556. The minimum absolute atomic E-state index is 0.0633. The quantitative estimate of drug-likeness (QED) is 0.514. The van der Waals surface area contributed by atoms with Crippen molar-refractivity contribution < 1.29 is 13.6 Å². The molecule has 0 saturated heterocycles. The second-order valence-electron chi connectivity index (χ2n) is 5.24. The predicted molar refractivity (Wildman–Crippen MR) is 92.8 cm³/mol. The lowest BCUT2D eigenvalue weighted by atomic mass is 10.2. The predicted octanol–water partition coefficient (Wildman–Crippen LogP) is 4.17. The van der Waals surface area contributed by atoms with E-state index in [0.717, 1.165) is 0 Å². The summed E-state index contributed by atoms with van der Waals surface area (Å²) in [7, 11) is 1.56. The number of ether oxygens (including phenoxy) is 1. The minimum atomic E-state index is -0.563. The normalized spacial score (nSPS) is 11.0. The number of rotatable bonds is 3. The van der Waals surface area contributed by atoms with Gasteiger partial charge in [0, 0.05) is 5.39 Å². The molecule has 0 radical (unpaired) electrons. The van der Waals surface area contributed by atoms with Crippen LogP contribution >= 0.6 is 11.6 Å². The molecule has 124 valence electrons. The first-order valence-corrected chi connectivity index (χ1v) is 7.74. The third kappa shape index (κ3) is 2.77. The van der Waals surface area contributed by atoms with Crippen molar-refractivity contribution in [1.82, 2.24) is 10.2 Å². The van der Waals surface area contributed by atoms with Gasteiger partial charge >= 0.3 is 5.63 Å². The van der Waals surface area contributed by atoms with Crippen molar-refractivity contribution in [3.63, 3.8) is 0 Å². The van der Waals surface area contributed by atoms with Crippen LogP contribution in [-0.2, 0) is 0 Å². The summed E-state index contributed by atoms with van der Waals surface area (Å²) in [6, 6.07) is 13.9. The lowest BCUT2D eigenvalue weighted by Gasteiger charge is -2.02. The van der Waals surface area contributed by atoms with Crippen LogP contribution in [-0.4, -0.2) is 17.3 Å². The summed E-state index contributed by atoms with van der Waals surface area (Å²) in [5, 5.41) is 9.09. The molecule has 4 rings (SSSR count). The third-order valence-corrected chi connectivity index (χ3v) is 4.03. The zero-order chi connectivity index (χ0) is 17.4. The largest absolute Gasteiger partial charge is 0.497 e. The molecular weight excluding hydrogens is 344 g/mol. The number of fused-ring (bicyclic) bond motifs is 1. The molecule has 2 aromatic heterocycles. The second-order valence-corrected chi connectivity index (χ2v) is 5.65. The van der Waals surface area contributed by atoms with E-state index in [9.17, 15) is 4.79 Å². The average molecular weight is 355 g/mol. The monoisotopic (exact) mass is 354 g/mol. The first-order valence-electron chi connectivity index (χ1n) is 7.36. The van der Waals surface area contributed by atoms with Crippen LogP contribution in [0.25, 0.3) is 33.9 Å². The van der Waals surface area contributed by atoms with Crippen LogP contribution in [0.15, 0.2) is 62.2 Å². The van der Waals surface area contributed by atoms with Crippen LogP contribution in [0, 0.1) is 0 Å². The van der Waals surface area contributed by atoms with Crippen LogP contribution in [0.5, 0.6) is 5.75 Å². The topological polar surface area (TPSA) is 78.4 Å². The smallest absolute Gasteiger partial charge is 0.349 e. The van der Waals surface area contributed by atoms with Crippen molar-refractivity contribution >= 4 is 22.6 Å². The first kappa shape index (κ1) is 15.4. The number of halogens is 1. The molecular formula is C18H11ClN2O4. The number of hydrogen-bond donors (Lipinski definition) is 0. The van der Waals surface area contributed by atoms with E-state index in [1.54, 1.807) is 49.6 Å². The summed E-state index contributed by atoms with van der Waals surface area (Å²) in [4.78, 5) is 12.2. The standard InChI is InChI=1S/C18H11ClN2O4/c1-23-11-6-7-15-10(8-11)9-13(18(22)24-15)17-21-20-16(25-17)12-4-2-3-5-14(12)19/h2-9H,1H3. The highest BCUT2D eigenvalue weighted by molar-refractivity contribution is 6.33. The van der Waals surface area contributed by atoms with E-state index >= 15 is 0 Å². The highest BCUT2D eigenvalue weighted by Crippen LogP contribution is 2.29. The van der Waals surface area contributed by atoms with Crippen molar-refractivity contribution in [1.29, 1.82) is 0 Å². The Morgan fingerprint density at radius 2 is 1.72 bits per heavy atom. The molecule has 0 fully saturated rings. The van der Waals surface area contributed by atoms with Crippen LogP contribution in [0.4, 0.5) is 0 Å². The second kappa shape index (κ2) is 6.07. The van der Waals surface area contributed by atoms with Gasteiger partial charge in [-0.05, 0) is 36.4 Å². The van der Waals surface area contributed by atoms with Gasteiger partial charge in [0.1, 0.15) is 16.9 Å². The molecule has 0 saturated carbocycles. The summed E-state index contributed by atoms with van der Waals surface area (Å²) in [5.41, 5.74) is 0.647. The highest BCUT2D eigenvalue weighted by atomic mass is 35.5. The molecule has 0 atom stereocenters. The Kier molecular flexibility index (Phi) is 3.74. The average Bonchev–Trinajstić information content (AvgIpc) is 3.10. The van der Waals surface area contributed by atoms with Crippen LogP contribution in [0.3, 0.4) is 0 Å². The summed E-state index contributed by atoms with van der Waals surface area (Å²) < 4.78 is 16.1. The Morgan fingerprint density at radius 3 is 2.48 bits per heavy atom. The number of methoxy groups -OCH3 is 1. The number of aromatic nitrogens is 2. The third-order valence-electron chi connectivity index (χ3n) is 3.70. The van der Waals surface area contributed by atoms with Gasteiger partial charge in [0.2, 0.25) is 5.89 Å². The van der Waals surface area contributed by atoms with E-state index in [2.05, 4.69) is 10.2 Å². The Labute approximate surface area is 146 Å². The van der Waals surface area contributed by atoms with E-state index < -0.39 is 5.63 Å². The van der Waals surface area contributed by atoms with Crippen molar-refractivity contribution in [2.45, 2.75) is 0 Å². The molecule has 25 heavy (non-hydrogen) atoms. The van der Waals surface area contributed by atoms with Crippen LogP contribution in [0.1, 0.15) is 0 Å². The van der Waals surface area contributed by atoms with Gasteiger partial charge in [-0.25, -0.2) is 4.79 Å². The molecule has 7 heteroatoms. The number of hydrogen-bond acceptors (Lipinski definition) is 6. The zero-order valence-electron chi connectivity index (χ0n) is 13.0. The van der Waals surface area contributed by atoms with E-state index in [-0.39, 0.29) is 17.3 Å². The summed E-state index contributed by atoms with van der Waals surface area (Å²) in [6.07, 6.45) is 0. The maximum Gasteiger partial charge on any atom is 0.349 e. The maximum absolute atomic E-state index is 12.2. The van der Waals surface area contributed by atoms with Gasteiger partial charge < -0.3 is 13.6 Å². The Bertz CT molecular complexity index is 1130. The SMILES string of the molecule is COc1ccc2oc(=O)c(-c3nnc(-c4ccccc4Cl)o3)cc2c1. The molecule has 0 bridgehead atoms. The molecule has 0 spiro atoms. The molecule has 2 heterocycles. The lowest BCUT2D eigenvalue weighted by Crippen LogP contribution is -2.02. The van der Waals surface area contributed by atoms with Gasteiger partial charge in [-0.2, -0.15) is 0 Å². The molecule has 4 aromatic rings. The van der Waals surface area contributed by atoms with E-state index in [0.29, 0.717) is 27.3 Å². The van der Waals surface area contributed by atoms with Crippen molar-refractivity contribution in [3.05, 3.63) is 64.0 Å². The molecule has 2 aromatic carbocycles. The highest BCUT2D eigenvalue weighted by Gasteiger charge is 2.17. The Morgan fingerprint density at radius 1 is 0.960 bits per heavy atom. The Hall–Kier alpha value is -3.12. The van der Waals surface area contributed by atoms with E-state index in [1.165, 1.54) is 0 Å². The number of benzene rings is 2. The van der Waals surface area contributed by atoms with Gasteiger partial charge in [-0.3, -0.25) is 0 Å².